The predicted molar refractivity (Wildman–Crippen MR) is 91.7 cm³/mol. The Morgan fingerprint density at radius 2 is 1.91 bits per heavy atom. The van der Waals surface area contributed by atoms with Gasteiger partial charge in [0, 0.05) is 6.10 Å². The number of hydrogen-bond donors (Lipinski definition) is 0. The van der Waals surface area contributed by atoms with E-state index in [9.17, 15) is 4.39 Å². The van der Waals surface area contributed by atoms with Gasteiger partial charge in [-0.15, -0.1) is 0 Å². The van der Waals surface area contributed by atoms with Crippen molar-refractivity contribution in [3.05, 3.63) is 29.0 Å². The highest BCUT2D eigenvalue weighted by molar-refractivity contribution is 6.74. The van der Waals surface area contributed by atoms with Gasteiger partial charge < -0.3 is 9.16 Å². The summed E-state index contributed by atoms with van der Waals surface area (Å²) < 4.78 is 25.0. The second-order valence-corrected chi connectivity index (χ2v) is 12.9. The fourth-order valence-electron chi connectivity index (χ4n) is 2.30. The number of benzene rings is 1. The Kier molecular flexibility index (Phi) is 5.25. The summed E-state index contributed by atoms with van der Waals surface area (Å²) in [4.78, 5) is 0. The molecule has 0 spiro atoms. The van der Waals surface area contributed by atoms with Crippen LogP contribution >= 0.6 is 11.6 Å². The van der Waals surface area contributed by atoms with Crippen LogP contribution < -0.4 is 4.74 Å². The Labute approximate surface area is 139 Å². The van der Waals surface area contributed by atoms with Gasteiger partial charge in [0.2, 0.25) is 0 Å². The van der Waals surface area contributed by atoms with E-state index in [0.29, 0.717) is 29.4 Å². The smallest absolute Gasteiger partial charge is 0.192 e. The van der Waals surface area contributed by atoms with E-state index in [1.807, 2.05) is 0 Å². The minimum atomic E-state index is -1.67. The van der Waals surface area contributed by atoms with E-state index in [-0.39, 0.29) is 10.9 Å². The number of rotatable bonds is 5. The standard InChI is InChI=1S/C17H26ClFO2Si/c1-17(2,3)22(4,5)21-14-8-12(9-14)11-20-16-7-6-13(19)10-15(16)18/h6-7,10,12,14H,8-9,11H2,1-5H3. The minimum Gasteiger partial charge on any atom is -0.492 e. The molecular weight excluding hydrogens is 319 g/mol. The molecule has 1 aromatic carbocycles. The summed E-state index contributed by atoms with van der Waals surface area (Å²) in [6.07, 6.45) is 2.43. The van der Waals surface area contributed by atoms with Crippen LogP contribution in [0.2, 0.25) is 23.2 Å². The number of hydrogen-bond acceptors (Lipinski definition) is 2. The Balaban J connectivity index is 1.76. The molecule has 2 nitrogen and oxygen atoms in total. The Bertz CT molecular complexity index is 522. The van der Waals surface area contributed by atoms with Gasteiger partial charge in [-0.2, -0.15) is 0 Å². The van der Waals surface area contributed by atoms with E-state index in [1.165, 1.54) is 12.1 Å². The second kappa shape index (κ2) is 6.50. The highest BCUT2D eigenvalue weighted by atomic mass is 35.5. The summed E-state index contributed by atoms with van der Waals surface area (Å²) in [5.74, 6) is 0.705. The average Bonchev–Trinajstić information content (AvgIpc) is 2.32. The molecule has 0 saturated heterocycles. The third-order valence-electron chi connectivity index (χ3n) is 4.83. The average molecular weight is 345 g/mol. The van der Waals surface area contributed by atoms with Crippen LogP contribution in [0.1, 0.15) is 33.6 Å². The highest BCUT2D eigenvalue weighted by Crippen LogP contribution is 2.41. The van der Waals surface area contributed by atoms with Crippen molar-refractivity contribution in [1.82, 2.24) is 0 Å². The summed E-state index contributed by atoms with van der Waals surface area (Å²) in [7, 11) is -1.67. The molecule has 0 atom stereocenters. The molecule has 0 unspecified atom stereocenters. The van der Waals surface area contributed by atoms with Crippen LogP contribution in [0.5, 0.6) is 5.75 Å². The molecule has 0 aromatic heterocycles. The Morgan fingerprint density at radius 3 is 2.45 bits per heavy atom. The summed E-state index contributed by atoms with van der Waals surface area (Å²) in [6, 6.07) is 4.23. The predicted octanol–water partition coefficient (Wildman–Crippen LogP) is 5.66. The molecule has 1 aliphatic carbocycles. The monoisotopic (exact) mass is 344 g/mol. The fraction of sp³-hybridized carbons (Fsp3) is 0.647. The lowest BCUT2D eigenvalue weighted by molar-refractivity contribution is 0.0289. The van der Waals surface area contributed by atoms with Crippen molar-refractivity contribution < 1.29 is 13.6 Å². The van der Waals surface area contributed by atoms with E-state index < -0.39 is 8.32 Å². The highest BCUT2D eigenvalue weighted by Gasteiger charge is 2.42. The Morgan fingerprint density at radius 1 is 1.27 bits per heavy atom. The first kappa shape index (κ1) is 17.8. The minimum absolute atomic E-state index is 0.246. The lowest BCUT2D eigenvalue weighted by Gasteiger charge is -2.44. The van der Waals surface area contributed by atoms with Crippen LogP contribution in [0.3, 0.4) is 0 Å². The maximum Gasteiger partial charge on any atom is 0.192 e. The summed E-state index contributed by atoms with van der Waals surface area (Å²) >= 11 is 5.96. The van der Waals surface area contributed by atoms with Gasteiger partial charge in [-0.3, -0.25) is 0 Å². The molecule has 0 amide bonds. The molecule has 22 heavy (non-hydrogen) atoms. The normalized spacial score (nSPS) is 22.3. The van der Waals surface area contributed by atoms with Gasteiger partial charge in [0.1, 0.15) is 11.6 Å². The van der Waals surface area contributed by atoms with Gasteiger partial charge >= 0.3 is 0 Å². The summed E-state index contributed by atoms with van der Waals surface area (Å²) in [5.41, 5.74) is 0. The molecule has 0 bridgehead atoms. The molecule has 1 aromatic rings. The van der Waals surface area contributed by atoms with Gasteiger partial charge in [0.25, 0.3) is 0 Å². The molecule has 1 saturated carbocycles. The van der Waals surface area contributed by atoms with E-state index in [4.69, 9.17) is 20.8 Å². The number of halogens is 2. The van der Waals surface area contributed by atoms with E-state index in [1.54, 1.807) is 6.07 Å². The van der Waals surface area contributed by atoms with Gasteiger partial charge in [0.05, 0.1) is 11.6 Å². The quantitative estimate of drug-likeness (QED) is 0.642. The van der Waals surface area contributed by atoms with Crippen molar-refractivity contribution in [2.75, 3.05) is 6.61 Å². The summed E-state index contributed by atoms with van der Waals surface area (Å²) in [6.45, 7) is 12.0. The molecule has 0 heterocycles. The first-order chi connectivity index (χ1) is 10.1. The zero-order chi connectivity index (χ0) is 16.5. The molecular formula is C17H26ClFO2Si. The van der Waals surface area contributed by atoms with E-state index in [2.05, 4.69) is 33.9 Å². The van der Waals surface area contributed by atoms with Crippen molar-refractivity contribution >= 4 is 19.9 Å². The van der Waals surface area contributed by atoms with Crippen LogP contribution in [0.25, 0.3) is 0 Å². The number of ether oxygens (including phenoxy) is 1. The third kappa shape index (κ3) is 4.24. The zero-order valence-corrected chi connectivity index (χ0v) is 15.8. The van der Waals surface area contributed by atoms with Crippen molar-refractivity contribution in [3.63, 3.8) is 0 Å². The molecule has 1 fully saturated rings. The van der Waals surface area contributed by atoms with Crippen molar-refractivity contribution in [2.45, 2.75) is 57.8 Å². The van der Waals surface area contributed by atoms with Crippen LogP contribution in [-0.4, -0.2) is 21.0 Å². The lowest BCUT2D eigenvalue weighted by Crippen LogP contribution is -2.48. The van der Waals surface area contributed by atoms with Crippen LogP contribution in [-0.2, 0) is 4.43 Å². The van der Waals surface area contributed by atoms with E-state index >= 15 is 0 Å². The second-order valence-electron chi connectivity index (χ2n) is 7.72. The molecule has 0 aliphatic heterocycles. The van der Waals surface area contributed by atoms with Crippen molar-refractivity contribution in [3.8, 4) is 5.75 Å². The van der Waals surface area contributed by atoms with Crippen LogP contribution in [0, 0.1) is 11.7 Å². The lowest BCUT2D eigenvalue weighted by atomic mass is 9.83. The zero-order valence-electron chi connectivity index (χ0n) is 14.1. The first-order valence-corrected chi connectivity index (χ1v) is 11.1. The molecule has 2 rings (SSSR count). The topological polar surface area (TPSA) is 18.5 Å². The van der Waals surface area contributed by atoms with Gasteiger partial charge in [-0.1, -0.05) is 32.4 Å². The largest absolute Gasteiger partial charge is 0.492 e. The van der Waals surface area contributed by atoms with Crippen LogP contribution in [0.15, 0.2) is 18.2 Å². The Hall–Kier alpha value is -0.583. The fourth-order valence-corrected chi connectivity index (χ4v) is 3.90. The third-order valence-corrected chi connectivity index (χ3v) is 9.66. The van der Waals surface area contributed by atoms with E-state index in [0.717, 1.165) is 12.8 Å². The van der Waals surface area contributed by atoms with Crippen molar-refractivity contribution in [2.24, 2.45) is 5.92 Å². The first-order valence-electron chi connectivity index (χ1n) is 7.84. The van der Waals surface area contributed by atoms with Gasteiger partial charge in [-0.05, 0) is 55.1 Å². The molecule has 0 N–H and O–H groups in total. The molecule has 0 radical (unpaired) electrons. The van der Waals surface area contributed by atoms with Crippen molar-refractivity contribution in [1.29, 1.82) is 0 Å². The maximum atomic E-state index is 13.0. The molecule has 5 heteroatoms. The maximum absolute atomic E-state index is 13.0. The van der Waals surface area contributed by atoms with Gasteiger partial charge in [-0.25, -0.2) is 4.39 Å². The summed E-state index contributed by atoms with van der Waals surface area (Å²) in [5, 5.41) is 0.573. The molecule has 1 aliphatic rings. The van der Waals surface area contributed by atoms with Gasteiger partial charge in [0.15, 0.2) is 8.32 Å². The van der Waals surface area contributed by atoms with Crippen LogP contribution in [0.4, 0.5) is 4.39 Å². The molecule has 124 valence electrons. The SMILES string of the molecule is CC(C)(C)[Si](C)(C)OC1CC(COc2ccc(F)cc2Cl)C1.